The summed E-state index contributed by atoms with van der Waals surface area (Å²) in [5, 5.41) is 3.49. The van der Waals surface area contributed by atoms with E-state index in [0.717, 1.165) is 17.1 Å². The highest BCUT2D eigenvalue weighted by molar-refractivity contribution is 5.57. The quantitative estimate of drug-likeness (QED) is 0.893. The summed E-state index contributed by atoms with van der Waals surface area (Å²) in [6.45, 7) is 4.92. The minimum atomic E-state index is 0.700. The number of ether oxygens (including phenoxy) is 2. The molecule has 0 aliphatic carbocycles. The number of para-hydroxylation sites is 1. The third kappa shape index (κ3) is 3.05. The monoisotopic (exact) mass is 271 g/mol. The second-order valence-corrected chi connectivity index (χ2v) is 4.80. The molecule has 0 amide bonds. The van der Waals surface area contributed by atoms with Crippen LogP contribution in [0.3, 0.4) is 0 Å². The summed E-state index contributed by atoms with van der Waals surface area (Å²) in [6, 6.07) is 12.1. The lowest BCUT2D eigenvalue weighted by atomic mass is 10.1. The van der Waals surface area contributed by atoms with Crippen LogP contribution >= 0.6 is 0 Å². The molecule has 0 fully saturated rings. The standard InChI is InChI=1S/C17H21NO2/c1-12-6-5-7-13(2)17(12)18-11-14-10-15(19-3)8-9-16(14)20-4/h5-10,18H,11H2,1-4H3. The number of hydrogen-bond acceptors (Lipinski definition) is 3. The van der Waals surface area contributed by atoms with Crippen molar-refractivity contribution in [1.82, 2.24) is 0 Å². The highest BCUT2D eigenvalue weighted by atomic mass is 16.5. The van der Waals surface area contributed by atoms with Crippen LogP contribution in [0.1, 0.15) is 16.7 Å². The summed E-state index contributed by atoms with van der Waals surface area (Å²) in [6.07, 6.45) is 0. The third-order valence-electron chi connectivity index (χ3n) is 3.42. The van der Waals surface area contributed by atoms with E-state index in [1.54, 1.807) is 14.2 Å². The highest BCUT2D eigenvalue weighted by Gasteiger charge is 2.07. The molecule has 0 aliphatic heterocycles. The number of hydrogen-bond donors (Lipinski definition) is 1. The van der Waals surface area contributed by atoms with Crippen molar-refractivity contribution in [3.8, 4) is 11.5 Å². The molecule has 0 unspecified atom stereocenters. The molecule has 0 aromatic heterocycles. The fraction of sp³-hybridized carbons (Fsp3) is 0.294. The number of methoxy groups -OCH3 is 2. The molecule has 2 aromatic carbocycles. The van der Waals surface area contributed by atoms with Gasteiger partial charge in [0.05, 0.1) is 14.2 Å². The van der Waals surface area contributed by atoms with Crippen molar-refractivity contribution < 1.29 is 9.47 Å². The van der Waals surface area contributed by atoms with Gasteiger partial charge in [-0.3, -0.25) is 0 Å². The molecule has 0 heterocycles. The molecule has 0 spiro atoms. The van der Waals surface area contributed by atoms with Gasteiger partial charge in [0.2, 0.25) is 0 Å². The first-order valence-electron chi connectivity index (χ1n) is 6.66. The van der Waals surface area contributed by atoms with Crippen LogP contribution in [-0.4, -0.2) is 14.2 Å². The SMILES string of the molecule is COc1ccc(OC)c(CNc2c(C)cccc2C)c1. The number of rotatable bonds is 5. The zero-order valence-electron chi connectivity index (χ0n) is 12.5. The summed E-state index contributed by atoms with van der Waals surface area (Å²) >= 11 is 0. The minimum absolute atomic E-state index is 0.700. The van der Waals surface area contributed by atoms with Gasteiger partial charge in [-0.25, -0.2) is 0 Å². The minimum Gasteiger partial charge on any atom is -0.497 e. The molecule has 2 aromatic rings. The van der Waals surface area contributed by atoms with Gasteiger partial charge in [0.1, 0.15) is 11.5 Å². The predicted molar refractivity (Wildman–Crippen MR) is 82.8 cm³/mol. The van der Waals surface area contributed by atoms with Gasteiger partial charge in [-0.2, -0.15) is 0 Å². The fourth-order valence-electron chi connectivity index (χ4n) is 2.30. The molecule has 0 atom stereocenters. The topological polar surface area (TPSA) is 30.5 Å². The molecule has 0 bridgehead atoms. The van der Waals surface area contributed by atoms with Crippen molar-refractivity contribution in [3.05, 3.63) is 53.1 Å². The number of benzene rings is 2. The van der Waals surface area contributed by atoms with Gasteiger partial charge >= 0.3 is 0 Å². The first-order valence-corrected chi connectivity index (χ1v) is 6.66. The van der Waals surface area contributed by atoms with E-state index < -0.39 is 0 Å². The fourth-order valence-corrected chi connectivity index (χ4v) is 2.30. The Morgan fingerprint density at radius 2 is 1.65 bits per heavy atom. The van der Waals surface area contributed by atoms with Crippen molar-refractivity contribution in [3.63, 3.8) is 0 Å². The molecule has 0 aliphatic rings. The van der Waals surface area contributed by atoms with Gasteiger partial charge in [-0.05, 0) is 43.2 Å². The van der Waals surface area contributed by atoms with E-state index in [-0.39, 0.29) is 0 Å². The van der Waals surface area contributed by atoms with Gasteiger partial charge in [0.15, 0.2) is 0 Å². The second-order valence-electron chi connectivity index (χ2n) is 4.80. The van der Waals surface area contributed by atoms with E-state index in [1.807, 2.05) is 18.2 Å². The first-order chi connectivity index (χ1) is 9.65. The maximum atomic E-state index is 5.40. The summed E-state index contributed by atoms with van der Waals surface area (Å²) < 4.78 is 10.7. The van der Waals surface area contributed by atoms with Crippen LogP contribution in [0, 0.1) is 13.8 Å². The summed E-state index contributed by atoms with van der Waals surface area (Å²) in [4.78, 5) is 0. The average molecular weight is 271 g/mol. The average Bonchev–Trinajstić information content (AvgIpc) is 2.46. The van der Waals surface area contributed by atoms with E-state index >= 15 is 0 Å². The highest BCUT2D eigenvalue weighted by Crippen LogP contribution is 2.26. The molecule has 106 valence electrons. The van der Waals surface area contributed by atoms with Crippen LogP contribution in [0.25, 0.3) is 0 Å². The van der Waals surface area contributed by atoms with Crippen molar-refractivity contribution >= 4 is 5.69 Å². The van der Waals surface area contributed by atoms with Gasteiger partial charge in [0, 0.05) is 17.8 Å². The van der Waals surface area contributed by atoms with E-state index in [1.165, 1.54) is 16.8 Å². The van der Waals surface area contributed by atoms with E-state index in [9.17, 15) is 0 Å². The molecule has 2 rings (SSSR count). The summed E-state index contributed by atoms with van der Waals surface area (Å²) in [5.41, 5.74) is 4.74. The third-order valence-corrected chi connectivity index (χ3v) is 3.42. The van der Waals surface area contributed by atoms with Crippen LogP contribution in [0.15, 0.2) is 36.4 Å². The normalized spacial score (nSPS) is 10.2. The zero-order chi connectivity index (χ0) is 14.5. The molecular formula is C17H21NO2. The van der Waals surface area contributed by atoms with Crippen LogP contribution in [-0.2, 0) is 6.54 Å². The Balaban J connectivity index is 2.22. The van der Waals surface area contributed by atoms with Gasteiger partial charge in [0.25, 0.3) is 0 Å². The molecule has 3 heteroatoms. The van der Waals surface area contributed by atoms with Crippen LogP contribution in [0.4, 0.5) is 5.69 Å². The molecule has 20 heavy (non-hydrogen) atoms. The van der Waals surface area contributed by atoms with Crippen molar-refractivity contribution in [2.45, 2.75) is 20.4 Å². The molecule has 0 radical (unpaired) electrons. The van der Waals surface area contributed by atoms with Gasteiger partial charge in [-0.15, -0.1) is 0 Å². The lowest BCUT2D eigenvalue weighted by Crippen LogP contribution is -2.04. The van der Waals surface area contributed by atoms with Crippen molar-refractivity contribution in [2.75, 3.05) is 19.5 Å². The van der Waals surface area contributed by atoms with Gasteiger partial charge in [-0.1, -0.05) is 18.2 Å². The van der Waals surface area contributed by atoms with Crippen molar-refractivity contribution in [1.29, 1.82) is 0 Å². The molecular weight excluding hydrogens is 250 g/mol. The van der Waals surface area contributed by atoms with Crippen LogP contribution in [0.2, 0.25) is 0 Å². The van der Waals surface area contributed by atoms with Crippen LogP contribution in [0.5, 0.6) is 11.5 Å². The molecule has 0 saturated heterocycles. The first kappa shape index (κ1) is 14.3. The van der Waals surface area contributed by atoms with E-state index in [4.69, 9.17) is 9.47 Å². The van der Waals surface area contributed by atoms with Crippen LogP contribution < -0.4 is 14.8 Å². The smallest absolute Gasteiger partial charge is 0.124 e. The Morgan fingerprint density at radius 1 is 0.950 bits per heavy atom. The van der Waals surface area contributed by atoms with E-state index in [0.29, 0.717) is 6.54 Å². The Morgan fingerprint density at radius 3 is 2.25 bits per heavy atom. The lowest BCUT2D eigenvalue weighted by Gasteiger charge is -2.15. The summed E-state index contributed by atoms with van der Waals surface area (Å²) in [7, 11) is 3.36. The Kier molecular flexibility index (Phi) is 4.51. The maximum Gasteiger partial charge on any atom is 0.124 e. The Hall–Kier alpha value is -2.16. The zero-order valence-corrected chi connectivity index (χ0v) is 12.5. The van der Waals surface area contributed by atoms with E-state index in [2.05, 4.69) is 37.4 Å². The largest absolute Gasteiger partial charge is 0.497 e. The lowest BCUT2D eigenvalue weighted by molar-refractivity contribution is 0.399. The van der Waals surface area contributed by atoms with Crippen molar-refractivity contribution in [2.24, 2.45) is 0 Å². The Labute approximate surface area is 120 Å². The molecule has 1 N–H and O–H groups in total. The Bertz CT molecular complexity index is 573. The summed E-state index contributed by atoms with van der Waals surface area (Å²) in [5.74, 6) is 1.70. The molecule has 0 saturated carbocycles. The van der Waals surface area contributed by atoms with Gasteiger partial charge < -0.3 is 14.8 Å². The number of nitrogens with one attached hydrogen (secondary N) is 1. The maximum absolute atomic E-state index is 5.40. The second kappa shape index (κ2) is 6.33. The predicted octanol–water partition coefficient (Wildman–Crippen LogP) is 3.93. The molecule has 3 nitrogen and oxygen atoms in total. The number of anilines is 1. The number of aryl methyl sites for hydroxylation is 2.